The van der Waals surface area contributed by atoms with Gasteiger partial charge in [0, 0.05) is 24.0 Å². The summed E-state index contributed by atoms with van der Waals surface area (Å²) in [5, 5.41) is 0.834. The van der Waals surface area contributed by atoms with Gasteiger partial charge < -0.3 is 9.47 Å². The zero-order valence-electron chi connectivity index (χ0n) is 22.7. The van der Waals surface area contributed by atoms with Crippen molar-refractivity contribution in [2.45, 2.75) is 116 Å². The van der Waals surface area contributed by atoms with E-state index in [1.807, 2.05) is 26.0 Å². The van der Waals surface area contributed by atoms with Crippen LogP contribution in [0.2, 0.25) is 0 Å². The lowest BCUT2D eigenvalue weighted by Crippen LogP contribution is -2.53. The summed E-state index contributed by atoms with van der Waals surface area (Å²) in [6.07, 6.45) is 3.07. The Morgan fingerprint density at radius 2 is 1.68 bits per heavy atom. The first-order valence-electron chi connectivity index (χ1n) is 14.3. The van der Waals surface area contributed by atoms with E-state index < -0.39 is 11.7 Å². The molecule has 4 nitrogen and oxygen atoms in total. The highest BCUT2D eigenvalue weighted by Crippen LogP contribution is 2.45. The average molecular weight is 532 g/mol. The van der Waals surface area contributed by atoms with Gasteiger partial charge in [-0.1, -0.05) is 37.6 Å². The van der Waals surface area contributed by atoms with Gasteiger partial charge in [-0.3, -0.25) is 9.69 Å². The van der Waals surface area contributed by atoms with Crippen molar-refractivity contribution in [3.63, 3.8) is 0 Å². The molecule has 2 unspecified atom stereocenters. The van der Waals surface area contributed by atoms with E-state index in [-0.39, 0.29) is 47.3 Å². The fraction of sp³-hybridized carbons (Fsp3) is 0.645. The maximum atomic E-state index is 14.7. The predicted octanol–water partition coefficient (Wildman–Crippen LogP) is 7.90. The molecule has 7 heteroatoms. The first-order valence-corrected chi connectivity index (χ1v) is 14.3. The van der Waals surface area contributed by atoms with Gasteiger partial charge in [0.15, 0.2) is 0 Å². The van der Waals surface area contributed by atoms with E-state index >= 15 is 0 Å². The molecule has 3 aliphatic rings. The molecule has 0 amide bonds. The number of halogens is 3. The van der Waals surface area contributed by atoms with Gasteiger partial charge in [0.1, 0.15) is 11.3 Å². The van der Waals surface area contributed by atoms with E-state index in [0.717, 1.165) is 44.9 Å². The number of nitrogens with zero attached hydrogens (tertiary/aromatic N) is 1. The fourth-order valence-electron chi connectivity index (χ4n) is 6.93. The summed E-state index contributed by atoms with van der Waals surface area (Å²) in [5.74, 6) is 0.267. The minimum absolute atomic E-state index is 0.0488. The second kappa shape index (κ2) is 11.1. The van der Waals surface area contributed by atoms with Crippen LogP contribution >= 0.6 is 0 Å². The Labute approximate surface area is 223 Å². The lowest BCUT2D eigenvalue weighted by Gasteiger charge is -2.48. The molecule has 2 aliphatic heterocycles. The number of rotatable bonds is 6. The number of esters is 1. The minimum atomic E-state index is -4.53. The van der Waals surface area contributed by atoms with Crippen LogP contribution in [0.1, 0.15) is 89.7 Å². The normalized spacial score (nSPS) is 28.4. The van der Waals surface area contributed by atoms with Crippen LogP contribution in [0.4, 0.5) is 13.2 Å². The van der Waals surface area contributed by atoms with Crippen molar-refractivity contribution >= 4 is 16.7 Å². The summed E-state index contributed by atoms with van der Waals surface area (Å²) in [7, 11) is 0. The van der Waals surface area contributed by atoms with Crippen LogP contribution in [0.25, 0.3) is 10.8 Å². The third-order valence-electron chi connectivity index (χ3n) is 8.80. The quantitative estimate of drug-likeness (QED) is 0.355. The topological polar surface area (TPSA) is 38.8 Å². The number of hydrogen-bond acceptors (Lipinski definition) is 4. The van der Waals surface area contributed by atoms with Crippen LogP contribution in [0.3, 0.4) is 0 Å². The number of ether oxygens (including phenoxy) is 2. The van der Waals surface area contributed by atoms with Gasteiger partial charge in [-0.25, -0.2) is 0 Å². The van der Waals surface area contributed by atoms with Crippen molar-refractivity contribution in [3.05, 3.63) is 41.5 Å². The highest BCUT2D eigenvalue weighted by Gasteiger charge is 2.43. The van der Waals surface area contributed by atoms with Gasteiger partial charge in [0.05, 0.1) is 18.1 Å². The van der Waals surface area contributed by atoms with E-state index in [1.165, 1.54) is 6.07 Å². The smallest absolute Gasteiger partial charge is 0.420 e. The second-order valence-corrected chi connectivity index (χ2v) is 12.0. The minimum Gasteiger partial charge on any atom is -0.490 e. The number of hydrogen-bond donors (Lipinski definition) is 0. The molecule has 2 aromatic carbocycles. The second-order valence-electron chi connectivity index (χ2n) is 12.0. The van der Waals surface area contributed by atoms with Crippen LogP contribution in [-0.2, 0) is 22.3 Å². The van der Waals surface area contributed by atoms with Crippen LogP contribution < -0.4 is 4.74 Å². The standard InChI is InChI=1S/C31H40F3NO3/c1-19(2)37-30(36)23-16-24-8-5-9-25(17-23)35(24)18-22-7-4-6-21-12-15-27(29(28(21)22)31(32,33)34)38-26-13-10-20(3)11-14-26/h4,6-7,12,15,19-20,23-26H,5,8-11,13-14,16-18H2,1-3H3/t20-,23?,24?,25?,26+. The lowest BCUT2D eigenvalue weighted by atomic mass is 9.78. The van der Waals surface area contributed by atoms with E-state index in [9.17, 15) is 18.0 Å². The Kier molecular flexibility index (Phi) is 7.95. The lowest BCUT2D eigenvalue weighted by molar-refractivity contribution is -0.157. The van der Waals surface area contributed by atoms with Gasteiger partial charge in [0.25, 0.3) is 0 Å². The predicted molar refractivity (Wildman–Crippen MR) is 142 cm³/mol. The third-order valence-corrected chi connectivity index (χ3v) is 8.80. The summed E-state index contributed by atoms with van der Waals surface area (Å²) in [6.45, 7) is 6.34. The Balaban J connectivity index is 1.46. The van der Waals surface area contributed by atoms with Crippen LogP contribution in [0.15, 0.2) is 30.3 Å². The maximum Gasteiger partial charge on any atom is 0.420 e. The molecule has 0 spiro atoms. The Bertz CT molecular complexity index is 1130. The molecule has 0 aromatic heterocycles. The summed E-state index contributed by atoms with van der Waals surface area (Å²) in [4.78, 5) is 15.0. The van der Waals surface area contributed by atoms with Gasteiger partial charge >= 0.3 is 12.1 Å². The molecule has 2 bridgehead atoms. The Morgan fingerprint density at radius 3 is 2.32 bits per heavy atom. The Morgan fingerprint density at radius 1 is 1.00 bits per heavy atom. The van der Waals surface area contributed by atoms with Crippen molar-refractivity contribution in [2.75, 3.05) is 0 Å². The zero-order valence-corrected chi connectivity index (χ0v) is 22.7. The molecule has 2 heterocycles. The average Bonchev–Trinajstić information content (AvgIpc) is 2.84. The van der Waals surface area contributed by atoms with Crippen molar-refractivity contribution in [3.8, 4) is 5.75 Å². The van der Waals surface area contributed by atoms with Gasteiger partial charge in [0.2, 0.25) is 0 Å². The van der Waals surface area contributed by atoms with Crippen LogP contribution in [0, 0.1) is 11.8 Å². The number of benzene rings is 2. The molecule has 3 fully saturated rings. The first-order chi connectivity index (χ1) is 18.1. The van der Waals surface area contributed by atoms with Crippen LogP contribution in [-0.4, -0.2) is 35.2 Å². The largest absolute Gasteiger partial charge is 0.490 e. The molecule has 2 saturated heterocycles. The van der Waals surface area contributed by atoms with E-state index in [1.54, 1.807) is 12.1 Å². The van der Waals surface area contributed by atoms with Gasteiger partial charge in [-0.2, -0.15) is 13.2 Å². The van der Waals surface area contributed by atoms with Crippen molar-refractivity contribution < 1.29 is 27.4 Å². The molecule has 0 N–H and O–H groups in total. The van der Waals surface area contributed by atoms with E-state index in [2.05, 4.69) is 11.8 Å². The molecule has 38 heavy (non-hydrogen) atoms. The summed E-state index contributed by atoms with van der Waals surface area (Å²) in [6, 6.07) is 9.05. The maximum absolute atomic E-state index is 14.7. The molecule has 0 radical (unpaired) electrons. The summed E-state index contributed by atoms with van der Waals surface area (Å²) < 4.78 is 55.6. The molecule has 208 valence electrons. The molecule has 2 aromatic rings. The van der Waals surface area contributed by atoms with Crippen molar-refractivity contribution in [1.29, 1.82) is 0 Å². The van der Waals surface area contributed by atoms with E-state index in [4.69, 9.17) is 9.47 Å². The number of alkyl halides is 3. The van der Waals surface area contributed by atoms with Gasteiger partial charge in [-0.15, -0.1) is 0 Å². The monoisotopic (exact) mass is 531 g/mol. The van der Waals surface area contributed by atoms with Crippen molar-refractivity contribution in [1.82, 2.24) is 4.90 Å². The Hall–Kier alpha value is -2.28. The number of fused-ring (bicyclic) bond motifs is 3. The number of piperidine rings is 2. The SMILES string of the molecule is CC(C)OC(=O)C1CC2CCCC(C1)N2Cc1cccc2ccc(O[C@H]3CC[C@@H](C)CC3)c(C(F)(F)F)c12. The summed E-state index contributed by atoms with van der Waals surface area (Å²) in [5.41, 5.74) is 0.0300. The third kappa shape index (κ3) is 5.83. The first kappa shape index (κ1) is 27.3. The fourth-order valence-corrected chi connectivity index (χ4v) is 6.93. The van der Waals surface area contributed by atoms with E-state index in [0.29, 0.717) is 36.3 Å². The number of carbonyl (C=O) groups is 1. The highest BCUT2D eigenvalue weighted by molar-refractivity contribution is 5.91. The molecule has 1 aliphatic carbocycles. The molecular formula is C31H40F3NO3. The number of carbonyl (C=O) groups excluding carboxylic acids is 1. The highest BCUT2D eigenvalue weighted by atomic mass is 19.4. The molecule has 5 rings (SSSR count). The van der Waals surface area contributed by atoms with Crippen LogP contribution in [0.5, 0.6) is 5.75 Å². The molecule has 1 saturated carbocycles. The molecule has 2 atom stereocenters. The van der Waals surface area contributed by atoms with Crippen molar-refractivity contribution in [2.24, 2.45) is 11.8 Å². The summed E-state index contributed by atoms with van der Waals surface area (Å²) >= 11 is 0. The zero-order chi connectivity index (χ0) is 27.0. The van der Waals surface area contributed by atoms with Gasteiger partial charge in [-0.05, 0) is 88.1 Å². The molecular weight excluding hydrogens is 491 g/mol.